The van der Waals surface area contributed by atoms with Crippen molar-refractivity contribution in [2.45, 2.75) is 71.6 Å². The van der Waals surface area contributed by atoms with Crippen LogP contribution in [-0.4, -0.2) is 18.4 Å². The zero-order chi connectivity index (χ0) is 14.3. The molecule has 0 aliphatic heterocycles. The smallest absolute Gasteiger partial charge is 0.302 e. The van der Waals surface area contributed by atoms with Gasteiger partial charge in [0.05, 0.1) is 6.61 Å². The molecular weight excluding hydrogens is 240 g/mol. The van der Waals surface area contributed by atoms with Gasteiger partial charge in [-0.2, -0.15) is 0 Å². The van der Waals surface area contributed by atoms with Crippen LogP contribution in [0, 0.1) is 11.8 Å². The monoisotopic (exact) mass is 266 g/mol. The highest BCUT2D eigenvalue weighted by atomic mass is 16.5. The summed E-state index contributed by atoms with van der Waals surface area (Å²) in [7, 11) is 0. The fourth-order valence-electron chi connectivity index (χ4n) is 1.78. The van der Waals surface area contributed by atoms with Gasteiger partial charge in [0.1, 0.15) is 0 Å². The minimum Gasteiger partial charge on any atom is -0.466 e. The van der Waals surface area contributed by atoms with Gasteiger partial charge in [0.15, 0.2) is 0 Å². The fraction of sp³-hybridized carbons (Fsp3) is 0.750. The van der Waals surface area contributed by atoms with E-state index >= 15 is 0 Å². The predicted octanol–water partition coefficient (Wildman–Crippen LogP) is 3.65. The number of ketones is 1. The van der Waals surface area contributed by atoms with Gasteiger partial charge >= 0.3 is 5.97 Å². The molecule has 0 aliphatic carbocycles. The van der Waals surface area contributed by atoms with E-state index in [1.54, 1.807) is 0 Å². The normalized spacial score (nSPS) is 9.58. The van der Waals surface area contributed by atoms with E-state index in [1.165, 1.54) is 46.0 Å². The molecule has 3 nitrogen and oxygen atoms in total. The van der Waals surface area contributed by atoms with Crippen LogP contribution in [0.1, 0.15) is 71.6 Å². The van der Waals surface area contributed by atoms with Gasteiger partial charge in [-0.25, -0.2) is 0 Å². The van der Waals surface area contributed by atoms with Crippen molar-refractivity contribution in [1.29, 1.82) is 0 Å². The minimum absolute atomic E-state index is 0.0475. The molecule has 0 amide bonds. The first-order valence-electron chi connectivity index (χ1n) is 7.25. The minimum atomic E-state index is -0.187. The van der Waals surface area contributed by atoms with Crippen molar-refractivity contribution in [3.05, 3.63) is 0 Å². The summed E-state index contributed by atoms with van der Waals surface area (Å²) in [6, 6.07) is 0. The molecule has 0 rings (SSSR count). The Balaban J connectivity index is 3.09. The summed E-state index contributed by atoms with van der Waals surface area (Å²) >= 11 is 0. The second-order valence-corrected chi connectivity index (χ2v) is 4.78. The van der Waals surface area contributed by atoms with Gasteiger partial charge in [0, 0.05) is 20.3 Å². The number of hydrogen-bond donors (Lipinski definition) is 0. The van der Waals surface area contributed by atoms with Crippen molar-refractivity contribution in [2.24, 2.45) is 0 Å². The highest BCUT2D eigenvalue weighted by Gasteiger charge is 1.94. The maximum Gasteiger partial charge on any atom is 0.302 e. The Kier molecular flexibility index (Phi) is 12.2. The molecule has 0 bridgehead atoms. The van der Waals surface area contributed by atoms with Gasteiger partial charge in [-0.15, -0.1) is 0 Å². The van der Waals surface area contributed by atoms with E-state index in [1.807, 2.05) is 0 Å². The van der Waals surface area contributed by atoms with E-state index in [2.05, 4.69) is 11.8 Å². The molecule has 0 saturated heterocycles. The fourth-order valence-corrected chi connectivity index (χ4v) is 1.78. The lowest BCUT2D eigenvalue weighted by molar-refractivity contribution is -0.141. The van der Waals surface area contributed by atoms with Crippen molar-refractivity contribution in [1.82, 2.24) is 0 Å². The van der Waals surface area contributed by atoms with Crippen LogP contribution in [-0.2, 0) is 14.3 Å². The zero-order valence-electron chi connectivity index (χ0n) is 12.3. The Hall–Kier alpha value is -1.30. The lowest BCUT2D eigenvalue weighted by Gasteiger charge is -2.02. The third kappa shape index (κ3) is 16.7. The van der Waals surface area contributed by atoms with Crippen LogP contribution in [0.2, 0.25) is 0 Å². The lowest BCUT2D eigenvalue weighted by Crippen LogP contribution is -2.00. The molecule has 0 atom stereocenters. The summed E-state index contributed by atoms with van der Waals surface area (Å²) in [6.07, 6.45) is 10.2. The summed E-state index contributed by atoms with van der Waals surface area (Å²) in [6.45, 7) is 3.50. The molecular formula is C16H26O3. The highest BCUT2D eigenvalue weighted by Crippen LogP contribution is 2.09. The van der Waals surface area contributed by atoms with Gasteiger partial charge in [-0.1, -0.05) is 44.4 Å². The summed E-state index contributed by atoms with van der Waals surface area (Å²) in [5, 5.41) is 0. The summed E-state index contributed by atoms with van der Waals surface area (Å²) in [5.74, 6) is 5.20. The SMILES string of the molecule is CC(=O)C#CCCCCCCCCCCOC(C)=O. The molecule has 0 aromatic carbocycles. The van der Waals surface area contributed by atoms with Crippen LogP contribution in [0.15, 0.2) is 0 Å². The van der Waals surface area contributed by atoms with Gasteiger partial charge in [0.2, 0.25) is 5.78 Å². The van der Waals surface area contributed by atoms with Crippen molar-refractivity contribution >= 4 is 11.8 Å². The van der Waals surface area contributed by atoms with Crippen LogP contribution >= 0.6 is 0 Å². The molecule has 0 N–H and O–H groups in total. The quantitative estimate of drug-likeness (QED) is 0.262. The molecule has 0 fully saturated rings. The third-order valence-electron chi connectivity index (χ3n) is 2.77. The Bertz CT molecular complexity index is 310. The lowest BCUT2D eigenvalue weighted by atomic mass is 10.1. The van der Waals surface area contributed by atoms with E-state index in [9.17, 15) is 9.59 Å². The number of Topliss-reactive ketones (excluding diaryl/α,β-unsaturated/α-hetero) is 1. The molecule has 0 saturated carbocycles. The summed E-state index contributed by atoms with van der Waals surface area (Å²) in [4.78, 5) is 21.1. The van der Waals surface area contributed by atoms with Gasteiger partial charge in [-0.3, -0.25) is 9.59 Å². The Morgan fingerprint density at radius 1 is 0.842 bits per heavy atom. The van der Waals surface area contributed by atoms with Crippen LogP contribution in [0.5, 0.6) is 0 Å². The van der Waals surface area contributed by atoms with Gasteiger partial charge < -0.3 is 4.74 Å². The number of hydrogen-bond acceptors (Lipinski definition) is 3. The van der Waals surface area contributed by atoms with Crippen LogP contribution in [0.25, 0.3) is 0 Å². The molecule has 0 aliphatic rings. The van der Waals surface area contributed by atoms with Crippen LogP contribution in [0.3, 0.4) is 0 Å². The number of unbranched alkanes of at least 4 members (excludes halogenated alkanes) is 8. The molecule has 0 radical (unpaired) electrons. The Labute approximate surface area is 117 Å². The van der Waals surface area contributed by atoms with E-state index in [4.69, 9.17) is 4.74 Å². The van der Waals surface area contributed by atoms with E-state index in [0.29, 0.717) is 6.61 Å². The summed E-state index contributed by atoms with van der Waals surface area (Å²) < 4.78 is 4.87. The topological polar surface area (TPSA) is 43.4 Å². The molecule has 0 heterocycles. The van der Waals surface area contributed by atoms with Crippen molar-refractivity contribution in [3.63, 3.8) is 0 Å². The predicted molar refractivity (Wildman–Crippen MR) is 76.6 cm³/mol. The molecule has 19 heavy (non-hydrogen) atoms. The molecule has 0 aromatic heterocycles. The molecule has 0 unspecified atom stereocenters. The van der Waals surface area contributed by atoms with Crippen LogP contribution in [0.4, 0.5) is 0 Å². The molecule has 0 aromatic rings. The molecule has 0 spiro atoms. The first kappa shape index (κ1) is 17.7. The average molecular weight is 266 g/mol. The van der Waals surface area contributed by atoms with Crippen molar-refractivity contribution in [2.75, 3.05) is 6.61 Å². The second kappa shape index (κ2) is 13.1. The number of ether oxygens (including phenoxy) is 1. The maximum atomic E-state index is 10.6. The van der Waals surface area contributed by atoms with Gasteiger partial charge in [-0.05, 0) is 18.8 Å². The highest BCUT2D eigenvalue weighted by molar-refractivity contribution is 5.93. The van der Waals surface area contributed by atoms with E-state index in [0.717, 1.165) is 25.7 Å². The maximum absolute atomic E-state index is 10.6. The Morgan fingerprint density at radius 2 is 1.37 bits per heavy atom. The Morgan fingerprint density at radius 3 is 1.89 bits per heavy atom. The van der Waals surface area contributed by atoms with Crippen molar-refractivity contribution in [3.8, 4) is 11.8 Å². The van der Waals surface area contributed by atoms with E-state index < -0.39 is 0 Å². The number of rotatable bonds is 10. The standard InChI is InChI=1S/C16H26O3/c1-15(17)13-11-9-7-5-3-4-6-8-10-12-14-19-16(2)18/h3-10,12,14H2,1-2H3. The first-order valence-corrected chi connectivity index (χ1v) is 7.25. The van der Waals surface area contributed by atoms with Crippen LogP contribution < -0.4 is 0 Å². The first-order chi connectivity index (χ1) is 9.13. The van der Waals surface area contributed by atoms with E-state index in [-0.39, 0.29) is 11.8 Å². The second-order valence-electron chi connectivity index (χ2n) is 4.78. The number of carbonyl (C=O) groups is 2. The molecule has 3 heteroatoms. The third-order valence-corrected chi connectivity index (χ3v) is 2.77. The largest absolute Gasteiger partial charge is 0.466 e. The number of esters is 1. The summed E-state index contributed by atoms with van der Waals surface area (Å²) in [5.41, 5.74) is 0. The molecule has 108 valence electrons. The zero-order valence-corrected chi connectivity index (χ0v) is 12.3. The number of carbonyl (C=O) groups excluding carboxylic acids is 2. The van der Waals surface area contributed by atoms with Gasteiger partial charge in [0.25, 0.3) is 0 Å². The average Bonchev–Trinajstić information content (AvgIpc) is 2.34. The van der Waals surface area contributed by atoms with Crippen molar-refractivity contribution < 1.29 is 14.3 Å².